The van der Waals surface area contributed by atoms with Gasteiger partial charge in [0.25, 0.3) is 0 Å². The number of hydrogen-bond donors (Lipinski definition) is 4. The first-order valence-corrected chi connectivity index (χ1v) is 10.8. The third-order valence-corrected chi connectivity index (χ3v) is 5.79. The van der Waals surface area contributed by atoms with Crippen LogP contribution in [0.3, 0.4) is 0 Å². The Hall–Kier alpha value is -3.81. The molecule has 1 saturated heterocycles. The lowest BCUT2D eigenvalue weighted by Gasteiger charge is -2.23. The van der Waals surface area contributed by atoms with Crippen molar-refractivity contribution in [2.75, 3.05) is 25.6 Å². The lowest BCUT2D eigenvalue weighted by molar-refractivity contribution is -0.124. The molecule has 0 bridgehead atoms. The largest absolute Gasteiger partial charge is 0.394 e. The Morgan fingerprint density at radius 2 is 2.09 bits per heavy atom. The molecule has 184 valence electrons. The predicted molar refractivity (Wildman–Crippen MR) is 126 cm³/mol. The molecular weight excluding hydrogens is 456 g/mol. The van der Waals surface area contributed by atoms with Gasteiger partial charge in [0.2, 0.25) is 5.91 Å². The van der Waals surface area contributed by atoms with Crippen molar-refractivity contribution in [3.8, 4) is 0 Å². The smallest absolute Gasteiger partial charge is 0.237 e. The van der Waals surface area contributed by atoms with E-state index in [9.17, 15) is 15.0 Å². The Kier molecular flexibility index (Phi) is 7.10. The number of ether oxygens (including phenoxy) is 1. The summed E-state index contributed by atoms with van der Waals surface area (Å²) in [6.07, 6.45) is 0.0543. The van der Waals surface area contributed by atoms with Crippen LogP contribution >= 0.6 is 0 Å². The van der Waals surface area contributed by atoms with Gasteiger partial charge in [-0.2, -0.15) is 0 Å². The lowest BCUT2D eigenvalue weighted by atomic mass is 10.0. The molecule has 1 aliphatic heterocycles. The molecule has 3 heterocycles. The molecule has 14 nitrogen and oxygen atoms in total. The minimum absolute atomic E-state index is 0.218. The number of nitrogens with zero attached hydrogens (tertiary/aromatic N) is 8. The minimum atomic E-state index is -1.21. The van der Waals surface area contributed by atoms with E-state index in [1.165, 1.54) is 12.7 Å². The van der Waals surface area contributed by atoms with Crippen molar-refractivity contribution in [3.63, 3.8) is 0 Å². The molecule has 0 aliphatic carbocycles. The third-order valence-electron chi connectivity index (χ3n) is 5.79. The van der Waals surface area contributed by atoms with Crippen molar-refractivity contribution in [1.29, 1.82) is 0 Å². The highest BCUT2D eigenvalue weighted by Gasteiger charge is 2.46. The van der Waals surface area contributed by atoms with E-state index in [0.717, 1.165) is 5.56 Å². The monoisotopic (exact) mass is 482 g/mol. The summed E-state index contributed by atoms with van der Waals surface area (Å²) in [5, 5.41) is 27.1. The average Bonchev–Trinajstić information content (AvgIpc) is 3.41. The normalized spacial score (nSPS) is 22.5. The van der Waals surface area contributed by atoms with E-state index >= 15 is 0 Å². The Balaban J connectivity index is 1.48. The number of carbonyl (C=O) groups is 1. The molecule has 1 amide bonds. The van der Waals surface area contributed by atoms with E-state index < -0.39 is 43.0 Å². The van der Waals surface area contributed by atoms with Crippen molar-refractivity contribution in [1.82, 2.24) is 24.8 Å². The highest BCUT2D eigenvalue weighted by molar-refractivity contribution is 5.83. The van der Waals surface area contributed by atoms with Gasteiger partial charge < -0.3 is 30.9 Å². The summed E-state index contributed by atoms with van der Waals surface area (Å²) in [5.41, 5.74) is 16.8. The second-order valence-corrected chi connectivity index (χ2v) is 8.35. The number of azide groups is 1. The van der Waals surface area contributed by atoms with Gasteiger partial charge in [-0.05, 0) is 17.5 Å². The van der Waals surface area contributed by atoms with E-state index in [-0.39, 0.29) is 6.42 Å². The topological polar surface area (TPSA) is 200 Å². The fourth-order valence-corrected chi connectivity index (χ4v) is 4.03. The van der Waals surface area contributed by atoms with E-state index in [2.05, 4.69) is 30.3 Å². The molecule has 1 aromatic carbocycles. The van der Waals surface area contributed by atoms with Crippen molar-refractivity contribution in [3.05, 3.63) is 52.9 Å². The molecule has 1 aliphatic rings. The van der Waals surface area contributed by atoms with Gasteiger partial charge in [0.15, 0.2) is 23.2 Å². The molecule has 14 heteroatoms. The molecule has 1 fully saturated rings. The number of fused-ring (bicyclic) bond motifs is 1. The van der Waals surface area contributed by atoms with Crippen LogP contribution in [0.4, 0.5) is 11.5 Å². The number of rotatable bonds is 8. The van der Waals surface area contributed by atoms with Gasteiger partial charge in [-0.3, -0.25) is 9.36 Å². The molecule has 5 atom stereocenters. The highest BCUT2D eigenvalue weighted by Crippen LogP contribution is 2.32. The number of anilines is 1. The van der Waals surface area contributed by atoms with Gasteiger partial charge in [0.1, 0.15) is 18.5 Å². The van der Waals surface area contributed by atoms with Gasteiger partial charge in [0.05, 0.1) is 25.0 Å². The molecule has 0 saturated carbocycles. The van der Waals surface area contributed by atoms with Crippen LogP contribution in [0.15, 0.2) is 42.0 Å². The zero-order valence-corrected chi connectivity index (χ0v) is 19.1. The van der Waals surface area contributed by atoms with Gasteiger partial charge in [0, 0.05) is 24.7 Å². The summed E-state index contributed by atoms with van der Waals surface area (Å²) >= 11 is 0. The summed E-state index contributed by atoms with van der Waals surface area (Å²) in [6.45, 7) is -0.431. The summed E-state index contributed by atoms with van der Waals surface area (Å²) in [5.74, 6) is 0.0896. The number of aromatic nitrogens is 4. The predicted octanol–water partition coefficient (Wildman–Crippen LogP) is 0.140. The molecule has 3 aromatic rings. The second-order valence-electron chi connectivity index (χ2n) is 8.35. The van der Waals surface area contributed by atoms with Crippen LogP contribution in [0, 0.1) is 0 Å². The standard InChI is InChI=1S/C21H26N10O4/c1-30(2)18-16-19(25-9-24-18)31(10-26-16)21-17(33)15(14(8-32)35-21)27-20(34)13(22)7-11-3-5-12(6-4-11)28-29-23/h3-6,9-10,13-15,17,21,32-33H,7-8,22H2,1-2H3,(H,27,34)/t13?,14-,15-,17-,21-/m1/s1. The number of benzene rings is 1. The van der Waals surface area contributed by atoms with Crippen LogP contribution in [-0.4, -0.2) is 80.6 Å². The number of aliphatic hydroxyl groups excluding tert-OH is 2. The molecule has 2 aromatic heterocycles. The Labute approximate surface area is 200 Å². The fourth-order valence-electron chi connectivity index (χ4n) is 4.03. The van der Waals surface area contributed by atoms with E-state index in [1.807, 2.05) is 14.1 Å². The van der Waals surface area contributed by atoms with Crippen molar-refractivity contribution >= 4 is 28.6 Å². The second kappa shape index (κ2) is 10.2. The summed E-state index contributed by atoms with van der Waals surface area (Å²) in [7, 11) is 3.65. The summed E-state index contributed by atoms with van der Waals surface area (Å²) in [4.78, 5) is 30.2. The van der Waals surface area contributed by atoms with Crippen LogP contribution in [0.25, 0.3) is 21.6 Å². The summed E-state index contributed by atoms with van der Waals surface area (Å²) in [6, 6.07) is 4.85. The third kappa shape index (κ3) is 4.87. The van der Waals surface area contributed by atoms with E-state index in [1.54, 1.807) is 33.7 Å². The first kappa shape index (κ1) is 24.3. The maximum Gasteiger partial charge on any atom is 0.237 e. The lowest BCUT2D eigenvalue weighted by Crippen LogP contribution is -2.53. The SMILES string of the molecule is CN(C)c1ncnc2c1ncn2[C@@H]1O[C@H](CO)[C@@H](NC(=O)C(N)Cc2ccc(N=[N+]=[N-])cc2)[C@H]1O. The van der Waals surface area contributed by atoms with Crippen LogP contribution in [0.1, 0.15) is 11.8 Å². The maximum atomic E-state index is 12.8. The first-order chi connectivity index (χ1) is 16.8. The quantitative estimate of drug-likeness (QED) is 0.196. The van der Waals surface area contributed by atoms with Gasteiger partial charge >= 0.3 is 0 Å². The maximum absolute atomic E-state index is 12.8. The minimum Gasteiger partial charge on any atom is -0.394 e. The van der Waals surface area contributed by atoms with Crippen LogP contribution in [0.5, 0.6) is 0 Å². The Bertz CT molecular complexity index is 1240. The fraction of sp³-hybridized carbons (Fsp3) is 0.429. The number of aliphatic hydroxyl groups is 2. The molecule has 1 unspecified atom stereocenters. The van der Waals surface area contributed by atoms with Crippen LogP contribution < -0.4 is 16.0 Å². The Morgan fingerprint density at radius 3 is 2.74 bits per heavy atom. The summed E-state index contributed by atoms with van der Waals surface area (Å²) < 4.78 is 7.43. The van der Waals surface area contributed by atoms with Gasteiger partial charge in [-0.25, -0.2) is 15.0 Å². The number of hydrogen-bond acceptors (Lipinski definition) is 10. The van der Waals surface area contributed by atoms with Crippen molar-refractivity contribution < 1.29 is 19.7 Å². The molecule has 5 N–H and O–H groups in total. The number of amides is 1. The van der Waals surface area contributed by atoms with Gasteiger partial charge in [-0.1, -0.05) is 29.4 Å². The van der Waals surface area contributed by atoms with Crippen molar-refractivity contribution in [2.24, 2.45) is 10.8 Å². The number of nitrogens with two attached hydrogens (primary N) is 1. The zero-order chi connectivity index (χ0) is 25.1. The zero-order valence-electron chi connectivity index (χ0n) is 19.1. The van der Waals surface area contributed by atoms with Gasteiger partial charge in [-0.15, -0.1) is 0 Å². The highest BCUT2D eigenvalue weighted by atomic mass is 16.5. The first-order valence-electron chi connectivity index (χ1n) is 10.8. The van der Waals surface area contributed by atoms with Crippen LogP contribution in [-0.2, 0) is 16.0 Å². The Morgan fingerprint density at radius 1 is 1.34 bits per heavy atom. The van der Waals surface area contributed by atoms with Crippen LogP contribution in [0.2, 0.25) is 0 Å². The molecular formula is C21H26N10O4. The van der Waals surface area contributed by atoms with E-state index in [0.29, 0.717) is 22.7 Å². The number of carbonyl (C=O) groups excluding carboxylic acids is 1. The number of nitrogens with one attached hydrogen (secondary N) is 1. The van der Waals surface area contributed by atoms with E-state index in [4.69, 9.17) is 16.0 Å². The average molecular weight is 483 g/mol. The molecule has 4 rings (SSSR count). The van der Waals surface area contributed by atoms with Crippen molar-refractivity contribution in [2.45, 2.75) is 36.9 Å². The molecule has 0 spiro atoms. The molecule has 0 radical (unpaired) electrons. The number of imidazole rings is 1. The molecule has 35 heavy (non-hydrogen) atoms.